The van der Waals surface area contributed by atoms with E-state index < -0.39 is 0 Å². The molecule has 0 amide bonds. The van der Waals surface area contributed by atoms with Crippen LogP contribution in [0.1, 0.15) is 13.8 Å². The van der Waals surface area contributed by atoms with Crippen LogP contribution in [-0.4, -0.2) is 22.3 Å². The Kier molecular flexibility index (Phi) is 6.61. The molecule has 0 saturated carbocycles. The first-order valence-electron chi connectivity index (χ1n) is 15.1. The smallest absolute Gasteiger partial charge is 0.138 e. The van der Waals surface area contributed by atoms with Crippen LogP contribution in [0.3, 0.4) is 0 Å². The standard InChI is InChI=1S/C39H32N4S/c1-27(2)41-26-42(37-18-9-8-17-36(37)41)30-13-10-14-31(24-30)44-32-19-20-34-33-15-6-7-16-35(33)43(38(34)25-32)39-23-29(21-22-40-39)28-11-4-3-5-12-28/h3-25,27H,26H2,1-2H3. The third-order valence-corrected chi connectivity index (χ3v) is 9.47. The quantitative estimate of drug-likeness (QED) is 0.193. The molecule has 7 aromatic rings. The van der Waals surface area contributed by atoms with Gasteiger partial charge in [-0.2, -0.15) is 0 Å². The van der Waals surface area contributed by atoms with Crippen LogP contribution in [0.5, 0.6) is 0 Å². The Morgan fingerprint density at radius 1 is 0.614 bits per heavy atom. The van der Waals surface area contributed by atoms with Gasteiger partial charge in [0.15, 0.2) is 0 Å². The molecule has 0 aliphatic carbocycles. The van der Waals surface area contributed by atoms with Gasteiger partial charge in [-0.15, -0.1) is 0 Å². The van der Waals surface area contributed by atoms with Crippen molar-refractivity contribution < 1.29 is 0 Å². The van der Waals surface area contributed by atoms with E-state index >= 15 is 0 Å². The highest BCUT2D eigenvalue weighted by molar-refractivity contribution is 7.99. The normalized spacial score (nSPS) is 12.9. The van der Waals surface area contributed by atoms with Crippen molar-refractivity contribution in [3.63, 3.8) is 0 Å². The largest absolute Gasteiger partial charge is 0.349 e. The van der Waals surface area contributed by atoms with Crippen LogP contribution in [0.25, 0.3) is 38.8 Å². The molecule has 0 fully saturated rings. The van der Waals surface area contributed by atoms with Gasteiger partial charge in [0.1, 0.15) is 5.82 Å². The maximum atomic E-state index is 4.86. The van der Waals surface area contributed by atoms with E-state index in [-0.39, 0.29) is 0 Å². The molecule has 5 aromatic carbocycles. The molecule has 0 bridgehead atoms. The Hall–Kier alpha value is -5.00. The third kappa shape index (κ3) is 4.61. The highest BCUT2D eigenvalue weighted by Gasteiger charge is 2.28. The Labute approximate surface area is 262 Å². The molecule has 0 N–H and O–H groups in total. The summed E-state index contributed by atoms with van der Waals surface area (Å²) in [6, 6.07) is 48.3. The van der Waals surface area contributed by atoms with Crippen LogP contribution in [-0.2, 0) is 0 Å². The predicted molar refractivity (Wildman–Crippen MR) is 186 cm³/mol. The minimum absolute atomic E-state index is 0.431. The van der Waals surface area contributed by atoms with Crippen LogP contribution >= 0.6 is 11.8 Å². The van der Waals surface area contributed by atoms with Gasteiger partial charge in [-0.3, -0.25) is 4.57 Å². The fraction of sp³-hybridized carbons (Fsp3) is 0.103. The monoisotopic (exact) mass is 588 g/mol. The van der Waals surface area contributed by atoms with E-state index in [1.807, 2.05) is 6.20 Å². The second-order valence-corrected chi connectivity index (χ2v) is 12.7. The van der Waals surface area contributed by atoms with Crippen molar-refractivity contribution >= 4 is 50.6 Å². The van der Waals surface area contributed by atoms with Crippen molar-refractivity contribution in [3.8, 4) is 16.9 Å². The van der Waals surface area contributed by atoms with Crippen molar-refractivity contribution in [1.82, 2.24) is 9.55 Å². The molecular formula is C39H32N4S. The second-order valence-electron chi connectivity index (χ2n) is 11.5. The first-order chi connectivity index (χ1) is 21.6. The van der Waals surface area contributed by atoms with Crippen molar-refractivity contribution in [1.29, 1.82) is 0 Å². The van der Waals surface area contributed by atoms with Crippen molar-refractivity contribution in [2.75, 3.05) is 16.5 Å². The summed E-state index contributed by atoms with van der Waals surface area (Å²) in [5, 5.41) is 2.46. The van der Waals surface area contributed by atoms with Gasteiger partial charge in [-0.25, -0.2) is 4.98 Å². The minimum Gasteiger partial charge on any atom is -0.349 e. The molecule has 0 atom stereocenters. The van der Waals surface area contributed by atoms with E-state index in [9.17, 15) is 0 Å². The van der Waals surface area contributed by atoms with Gasteiger partial charge < -0.3 is 9.80 Å². The lowest BCUT2D eigenvalue weighted by Gasteiger charge is -2.25. The highest BCUT2D eigenvalue weighted by atomic mass is 32.2. The predicted octanol–water partition coefficient (Wildman–Crippen LogP) is 10.3. The molecule has 1 aliphatic heterocycles. The fourth-order valence-corrected chi connectivity index (χ4v) is 7.27. The molecule has 3 heterocycles. The number of anilines is 3. The van der Waals surface area contributed by atoms with Gasteiger partial charge in [-0.05, 0) is 85.6 Å². The van der Waals surface area contributed by atoms with Gasteiger partial charge in [0.2, 0.25) is 0 Å². The lowest BCUT2D eigenvalue weighted by molar-refractivity contribution is 0.709. The molecule has 4 nitrogen and oxygen atoms in total. The zero-order valence-electron chi connectivity index (χ0n) is 24.8. The van der Waals surface area contributed by atoms with E-state index in [0.29, 0.717) is 6.04 Å². The molecule has 5 heteroatoms. The van der Waals surface area contributed by atoms with E-state index in [2.05, 4.69) is 162 Å². The lowest BCUT2D eigenvalue weighted by Crippen LogP contribution is -2.33. The first kappa shape index (κ1) is 26.6. The summed E-state index contributed by atoms with van der Waals surface area (Å²) < 4.78 is 2.30. The van der Waals surface area contributed by atoms with Crippen LogP contribution < -0.4 is 9.80 Å². The van der Waals surface area contributed by atoms with Crippen molar-refractivity contribution in [3.05, 3.63) is 140 Å². The number of rotatable bonds is 6. The van der Waals surface area contributed by atoms with Crippen LogP contribution in [0.15, 0.2) is 149 Å². The lowest BCUT2D eigenvalue weighted by atomic mass is 10.1. The summed E-state index contributed by atoms with van der Waals surface area (Å²) in [4.78, 5) is 12.2. The number of pyridine rings is 1. The maximum absolute atomic E-state index is 4.86. The molecule has 1 aliphatic rings. The number of hydrogen-bond acceptors (Lipinski definition) is 4. The number of hydrogen-bond donors (Lipinski definition) is 0. The van der Waals surface area contributed by atoms with Crippen LogP contribution in [0.2, 0.25) is 0 Å². The van der Waals surface area contributed by atoms with Crippen molar-refractivity contribution in [2.24, 2.45) is 0 Å². The SMILES string of the molecule is CC(C)N1CN(c2cccc(Sc3ccc4c5ccccc5n(-c5cc(-c6ccccc6)ccn5)c4c3)c2)c2ccccc21. The van der Waals surface area contributed by atoms with Gasteiger partial charge in [0.25, 0.3) is 0 Å². The van der Waals surface area contributed by atoms with E-state index in [0.717, 1.165) is 29.1 Å². The molecular weight excluding hydrogens is 557 g/mol. The summed E-state index contributed by atoms with van der Waals surface area (Å²) in [6.07, 6.45) is 1.92. The summed E-state index contributed by atoms with van der Waals surface area (Å²) in [5.74, 6) is 0.920. The molecule has 0 saturated heterocycles. The van der Waals surface area contributed by atoms with Crippen molar-refractivity contribution in [2.45, 2.75) is 29.7 Å². The van der Waals surface area contributed by atoms with Gasteiger partial charge in [-0.1, -0.05) is 84.6 Å². The Balaban J connectivity index is 1.18. The zero-order chi connectivity index (χ0) is 29.6. The van der Waals surface area contributed by atoms with Crippen LogP contribution in [0.4, 0.5) is 17.1 Å². The summed E-state index contributed by atoms with van der Waals surface area (Å²) in [6.45, 7) is 5.37. The van der Waals surface area contributed by atoms with E-state index in [1.165, 1.54) is 43.2 Å². The number of nitrogens with zero attached hydrogens (tertiary/aromatic N) is 4. The topological polar surface area (TPSA) is 24.3 Å². The minimum atomic E-state index is 0.431. The summed E-state index contributed by atoms with van der Waals surface area (Å²) in [7, 11) is 0. The number of fused-ring (bicyclic) bond motifs is 4. The molecule has 214 valence electrons. The third-order valence-electron chi connectivity index (χ3n) is 8.49. The van der Waals surface area contributed by atoms with Gasteiger partial charge in [0, 0.05) is 38.5 Å². The first-order valence-corrected chi connectivity index (χ1v) is 15.9. The van der Waals surface area contributed by atoms with Gasteiger partial charge >= 0.3 is 0 Å². The molecule has 44 heavy (non-hydrogen) atoms. The molecule has 8 rings (SSSR count). The van der Waals surface area contributed by atoms with E-state index in [4.69, 9.17) is 4.98 Å². The Morgan fingerprint density at radius 2 is 1.36 bits per heavy atom. The average molecular weight is 589 g/mol. The molecule has 0 unspecified atom stereocenters. The number of benzene rings is 5. The molecule has 0 spiro atoms. The Morgan fingerprint density at radius 3 is 2.23 bits per heavy atom. The number of aromatic nitrogens is 2. The fourth-order valence-electron chi connectivity index (χ4n) is 6.36. The zero-order valence-corrected chi connectivity index (χ0v) is 25.6. The number of para-hydroxylation sites is 3. The van der Waals surface area contributed by atoms with E-state index in [1.54, 1.807) is 11.8 Å². The summed E-state index contributed by atoms with van der Waals surface area (Å²) in [5.41, 5.74) is 8.43. The molecule has 0 radical (unpaired) electrons. The second kappa shape index (κ2) is 10.9. The summed E-state index contributed by atoms with van der Waals surface area (Å²) >= 11 is 1.80. The molecule has 2 aromatic heterocycles. The average Bonchev–Trinajstić information content (AvgIpc) is 3.62. The Bertz CT molecular complexity index is 2130. The maximum Gasteiger partial charge on any atom is 0.138 e. The highest BCUT2D eigenvalue weighted by Crippen LogP contribution is 2.43. The van der Waals surface area contributed by atoms with Gasteiger partial charge in [0.05, 0.1) is 29.1 Å². The van der Waals surface area contributed by atoms with Crippen LogP contribution in [0, 0.1) is 0 Å².